The Balaban J connectivity index is 1.36. The largest absolute Gasteiger partial charge is 0.467 e. The highest BCUT2D eigenvalue weighted by atomic mass is 32.2. The molecule has 0 radical (unpaired) electrons. The monoisotopic (exact) mass is 589 g/mol. The molecular weight excluding hydrogens is 557 g/mol. The van der Waals surface area contributed by atoms with E-state index in [1.54, 1.807) is 60.7 Å². The molecule has 0 spiro atoms. The third kappa shape index (κ3) is 7.71. The highest BCUT2D eigenvalue weighted by Gasteiger charge is 2.32. The predicted molar refractivity (Wildman–Crippen MR) is 155 cm³/mol. The minimum absolute atomic E-state index is 0.00762. The van der Waals surface area contributed by atoms with E-state index in [0.29, 0.717) is 23.3 Å². The van der Waals surface area contributed by atoms with Gasteiger partial charge in [-0.2, -0.15) is 0 Å². The number of hydrogen-bond acceptors (Lipinski definition) is 5. The van der Waals surface area contributed by atoms with Crippen molar-refractivity contribution in [2.24, 2.45) is 0 Å². The molecule has 4 aromatic rings. The second kappa shape index (κ2) is 13.1. The Bertz CT molecular complexity index is 1590. The average Bonchev–Trinajstić information content (AvgIpc) is 3.64. The third-order valence-electron chi connectivity index (χ3n) is 7.04. The van der Waals surface area contributed by atoms with E-state index < -0.39 is 21.9 Å². The minimum atomic E-state index is -3.57. The fourth-order valence-corrected chi connectivity index (χ4v) is 5.93. The molecule has 0 bridgehead atoms. The predicted octanol–water partition coefficient (Wildman–Crippen LogP) is 4.88. The second-order valence-electron chi connectivity index (χ2n) is 10.3. The molecular formula is C32H32FN3O5S. The molecule has 1 fully saturated rings. The van der Waals surface area contributed by atoms with Gasteiger partial charge in [0.1, 0.15) is 17.6 Å². The molecule has 1 atom stereocenters. The zero-order valence-corrected chi connectivity index (χ0v) is 23.7. The van der Waals surface area contributed by atoms with E-state index in [4.69, 9.17) is 4.42 Å². The molecule has 1 aliphatic carbocycles. The Morgan fingerprint density at radius 3 is 2.24 bits per heavy atom. The van der Waals surface area contributed by atoms with Crippen molar-refractivity contribution < 1.29 is 26.8 Å². The summed E-state index contributed by atoms with van der Waals surface area (Å²) in [5.41, 5.74) is 2.08. The smallest absolute Gasteiger partial charge is 0.247 e. The van der Waals surface area contributed by atoms with Gasteiger partial charge in [-0.15, -0.1) is 0 Å². The lowest BCUT2D eigenvalue weighted by molar-refractivity contribution is -0.141. The molecule has 0 saturated heterocycles. The van der Waals surface area contributed by atoms with Crippen LogP contribution in [0.3, 0.4) is 0 Å². The Morgan fingerprint density at radius 1 is 0.905 bits per heavy atom. The van der Waals surface area contributed by atoms with Gasteiger partial charge in [0.05, 0.1) is 17.7 Å². The molecule has 8 nitrogen and oxygen atoms in total. The molecule has 2 N–H and O–H groups in total. The summed E-state index contributed by atoms with van der Waals surface area (Å²) >= 11 is 0. The minimum Gasteiger partial charge on any atom is -0.467 e. The van der Waals surface area contributed by atoms with E-state index in [2.05, 4.69) is 10.0 Å². The van der Waals surface area contributed by atoms with Gasteiger partial charge in [-0.25, -0.2) is 17.5 Å². The molecule has 1 saturated carbocycles. The van der Waals surface area contributed by atoms with Crippen molar-refractivity contribution in [2.75, 3.05) is 0 Å². The van der Waals surface area contributed by atoms with Crippen LogP contribution in [-0.4, -0.2) is 31.2 Å². The number of carbonyl (C=O) groups excluding carboxylic acids is 2. The van der Waals surface area contributed by atoms with Gasteiger partial charge in [0.25, 0.3) is 0 Å². The molecule has 0 aliphatic heterocycles. The number of sulfonamides is 1. The van der Waals surface area contributed by atoms with Gasteiger partial charge >= 0.3 is 0 Å². The molecule has 1 unspecified atom stereocenters. The van der Waals surface area contributed by atoms with Crippen LogP contribution in [0.4, 0.5) is 4.39 Å². The van der Waals surface area contributed by atoms with Crippen LogP contribution in [-0.2, 0) is 39.1 Å². The van der Waals surface area contributed by atoms with Crippen molar-refractivity contribution in [2.45, 2.75) is 55.8 Å². The normalized spacial score (nSPS) is 13.8. The molecule has 5 rings (SSSR count). The molecule has 10 heteroatoms. The Morgan fingerprint density at radius 2 is 1.60 bits per heavy atom. The Hall–Kier alpha value is -4.28. The zero-order chi connectivity index (χ0) is 29.5. The van der Waals surface area contributed by atoms with Gasteiger partial charge in [-0.1, -0.05) is 54.6 Å². The molecule has 3 aromatic carbocycles. The van der Waals surface area contributed by atoms with Crippen molar-refractivity contribution in [1.29, 1.82) is 0 Å². The lowest BCUT2D eigenvalue weighted by Crippen LogP contribution is -2.43. The maximum absolute atomic E-state index is 13.8. The number of carbonyl (C=O) groups is 2. The molecule has 1 heterocycles. The topological polar surface area (TPSA) is 109 Å². The van der Waals surface area contributed by atoms with E-state index >= 15 is 0 Å². The lowest BCUT2D eigenvalue weighted by atomic mass is 10.0. The number of nitrogens with zero attached hydrogens (tertiary/aromatic N) is 1. The fraction of sp³-hybridized carbons (Fsp3) is 0.250. The van der Waals surface area contributed by atoms with Crippen LogP contribution in [0.1, 0.15) is 47.8 Å². The van der Waals surface area contributed by atoms with Gasteiger partial charge in [0.15, 0.2) is 0 Å². The van der Waals surface area contributed by atoms with Crippen molar-refractivity contribution in [3.63, 3.8) is 0 Å². The van der Waals surface area contributed by atoms with Crippen molar-refractivity contribution in [3.05, 3.63) is 126 Å². The Kier molecular flexibility index (Phi) is 9.14. The number of hydrogen-bond donors (Lipinski definition) is 2. The van der Waals surface area contributed by atoms with Crippen LogP contribution in [0.25, 0.3) is 0 Å². The Labute approximate surface area is 244 Å². The summed E-state index contributed by atoms with van der Waals surface area (Å²) in [6.45, 7) is 0.232. The molecule has 2 amide bonds. The maximum Gasteiger partial charge on any atom is 0.247 e. The van der Waals surface area contributed by atoms with Crippen LogP contribution >= 0.6 is 0 Å². The van der Waals surface area contributed by atoms with Gasteiger partial charge < -0.3 is 14.6 Å². The number of furan rings is 1. The van der Waals surface area contributed by atoms with Crippen LogP contribution in [0.15, 0.2) is 107 Å². The van der Waals surface area contributed by atoms with Crippen LogP contribution < -0.4 is 10.0 Å². The van der Waals surface area contributed by atoms with Gasteiger partial charge in [0.2, 0.25) is 21.8 Å². The average molecular weight is 590 g/mol. The zero-order valence-electron chi connectivity index (χ0n) is 22.9. The lowest BCUT2D eigenvalue weighted by Gasteiger charge is -2.31. The molecule has 1 aromatic heterocycles. The van der Waals surface area contributed by atoms with Gasteiger partial charge in [-0.05, 0) is 72.4 Å². The summed E-state index contributed by atoms with van der Waals surface area (Å²) in [6, 6.07) is 23.8. The van der Waals surface area contributed by atoms with Crippen LogP contribution in [0.2, 0.25) is 0 Å². The first-order valence-electron chi connectivity index (χ1n) is 13.8. The number of rotatable bonds is 13. The van der Waals surface area contributed by atoms with Crippen LogP contribution in [0.5, 0.6) is 0 Å². The first-order valence-corrected chi connectivity index (χ1v) is 15.3. The van der Waals surface area contributed by atoms with Crippen LogP contribution in [0, 0.1) is 5.82 Å². The number of halogens is 1. The fourth-order valence-electron chi connectivity index (χ4n) is 4.62. The summed E-state index contributed by atoms with van der Waals surface area (Å²) in [7, 11) is -3.57. The summed E-state index contributed by atoms with van der Waals surface area (Å²) in [6.07, 6.45) is 3.62. The summed E-state index contributed by atoms with van der Waals surface area (Å²) in [4.78, 5) is 29.2. The van der Waals surface area contributed by atoms with Gasteiger partial charge in [0, 0.05) is 19.0 Å². The third-order valence-corrected chi connectivity index (χ3v) is 8.58. The first-order chi connectivity index (χ1) is 20.3. The second-order valence-corrected chi connectivity index (χ2v) is 12.0. The quantitative estimate of drug-likeness (QED) is 0.231. The van der Waals surface area contributed by atoms with Crippen molar-refractivity contribution in [1.82, 2.24) is 14.9 Å². The number of amides is 2. The van der Waals surface area contributed by atoms with E-state index in [1.807, 2.05) is 6.07 Å². The van der Waals surface area contributed by atoms with Crippen molar-refractivity contribution >= 4 is 21.8 Å². The molecule has 218 valence electrons. The van der Waals surface area contributed by atoms with E-state index in [1.165, 1.54) is 35.4 Å². The summed E-state index contributed by atoms with van der Waals surface area (Å²) in [5, 5.41) is 2.88. The summed E-state index contributed by atoms with van der Waals surface area (Å²) < 4.78 is 46.7. The maximum atomic E-state index is 13.8. The van der Waals surface area contributed by atoms with E-state index in [0.717, 1.165) is 18.4 Å². The van der Waals surface area contributed by atoms with Gasteiger partial charge in [-0.3, -0.25) is 9.59 Å². The molecule has 42 heavy (non-hydrogen) atoms. The number of benzene rings is 3. The van der Waals surface area contributed by atoms with E-state index in [-0.39, 0.29) is 42.3 Å². The number of aryl methyl sites for hydroxylation is 1. The summed E-state index contributed by atoms with van der Waals surface area (Å²) in [5.74, 6) is -0.492. The SMILES string of the molecule is O=C(NCc1ccco1)C(c1ccccc1)N(Cc1ccc(F)cc1)C(=O)CCc1ccc(S(=O)(=O)NC2CC2)cc1. The highest BCUT2D eigenvalue weighted by Crippen LogP contribution is 2.26. The molecule has 1 aliphatic rings. The highest BCUT2D eigenvalue weighted by molar-refractivity contribution is 7.89. The standard InChI is InChI=1S/C32H32FN3O5S/c33-26-13-8-24(9-14-26)22-36(31(25-5-2-1-3-6-25)32(38)34-21-28-7-4-20-41-28)30(37)19-12-23-10-17-29(18-11-23)42(39,40)35-27-15-16-27/h1-11,13-14,17-18,20,27,31,35H,12,15-16,19,21-22H2,(H,34,38). The van der Waals surface area contributed by atoms with Crippen molar-refractivity contribution in [3.8, 4) is 0 Å². The first kappa shape index (κ1) is 29.2. The number of nitrogens with one attached hydrogen (secondary N) is 2. The van der Waals surface area contributed by atoms with E-state index in [9.17, 15) is 22.4 Å².